The quantitative estimate of drug-likeness (QED) is 0.344. The lowest BCUT2D eigenvalue weighted by molar-refractivity contribution is -0.139. The molecule has 0 aliphatic carbocycles. The van der Waals surface area contributed by atoms with Gasteiger partial charge < -0.3 is 9.84 Å². The van der Waals surface area contributed by atoms with Crippen LogP contribution >= 0.6 is 11.3 Å². The average Bonchev–Trinajstić information content (AvgIpc) is 3.20. The fraction of sp³-hybridized carbons (Fsp3) is 0.320. The molecule has 180 valence electrons. The second kappa shape index (κ2) is 10.4. The molecular formula is C25H24F3NO4S. The van der Waals surface area contributed by atoms with E-state index in [0.29, 0.717) is 33.9 Å². The Morgan fingerprint density at radius 3 is 2.35 bits per heavy atom. The van der Waals surface area contributed by atoms with Crippen LogP contribution in [-0.4, -0.2) is 28.4 Å². The van der Waals surface area contributed by atoms with Gasteiger partial charge in [-0.2, -0.15) is 13.2 Å². The predicted octanol–water partition coefficient (Wildman–Crippen LogP) is 6.54. The topological polar surface area (TPSA) is 76.5 Å². The second-order valence-corrected chi connectivity index (χ2v) is 9.22. The van der Waals surface area contributed by atoms with E-state index in [2.05, 4.69) is 4.98 Å². The number of hydrogen-bond donors (Lipinski definition) is 1. The highest BCUT2D eigenvalue weighted by molar-refractivity contribution is 7.15. The van der Waals surface area contributed by atoms with Crippen molar-refractivity contribution in [3.8, 4) is 16.3 Å². The first kappa shape index (κ1) is 25.4. The van der Waals surface area contributed by atoms with Crippen LogP contribution in [0, 0.1) is 6.92 Å². The summed E-state index contributed by atoms with van der Waals surface area (Å²) in [4.78, 5) is 29.1. The number of hydrogen-bond acceptors (Lipinski definition) is 5. The zero-order valence-corrected chi connectivity index (χ0v) is 19.7. The molecule has 0 fully saturated rings. The van der Waals surface area contributed by atoms with Crippen molar-refractivity contribution in [1.82, 2.24) is 4.98 Å². The van der Waals surface area contributed by atoms with Crippen molar-refractivity contribution in [3.05, 3.63) is 69.7 Å². The molecule has 0 saturated carbocycles. The molecule has 3 aromatic rings. The minimum absolute atomic E-state index is 0.0681. The molecule has 0 saturated heterocycles. The van der Waals surface area contributed by atoms with Crippen LogP contribution in [0.4, 0.5) is 13.2 Å². The number of rotatable bonds is 9. The van der Waals surface area contributed by atoms with Crippen molar-refractivity contribution in [2.75, 3.05) is 6.61 Å². The van der Waals surface area contributed by atoms with Gasteiger partial charge in [-0.1, -0.05) is 26.0 Å². The zero-order chi connectivity index (χ0) is 25.0. The number of carboxylic acid groups (broad SMARTS) is 1. The van der Waals surface area contributed by atoms with Crippen LogP contribution in [0.2, 0.25) is 0 Å². The van der Waals surface area contributed by atoms with Crippen molar-refractivity contribution >= 4 is 23.1 Å². The van der Waals surface area contributed by atoms with Crippen LogP contribution in [0.3, 0.4) is 0 Å². The van der Waals surface area contributed by atoms with E-state index in [1.54, 1.807) is 25.1 Å². The van der Waals surface area contributed by atoms with Crippen LogP contribution in [0.15, 0.2) is 42.5 Å². The van der Waals surface area contributed by atoms with E-state index in [1.807, 2.05) is 13.8 Å². The van der Waals surface area contributed by atoms with Gasteiger partial charge in [-0.25, -0.2) is 9.78 Å². The Balaban J connectivity index is 1.75. The Morgan fingerprint density at radius 2 is 1.79 bits per heavy atom. The number of alkyl halides is 3. The van der Waals surface area contributed by atoms with Gasteiger partial charge in [0, 0.05) is 22.4 Å². The van der Waals surface area contributed by atoms with Gasteiger partial charge in [0.1, 0.15) is 10.8 Å². The number of ketones is 1. The lowest BCUT2D eigenvalue weighted by Crippen LogP contribution is -2.10. The summed E-state index contributed by atoms with van der Waals surface area (Å²) in [6.07, 6.45) is -3.69. The Bertz CT molecular complexity index is 1180. The second-order valence-electron chi connectivity index (χ2n) is 8.14. The van der Waals surface area contributed by atoms with Gasteiger partial charge in [0.25, 0.3) is 0 Å². The lowest BCUT2D eigenvalue weighted by atomic mass is 9.99. The van der Waals surface area contributed by atoms with Crippen LogP contribution in [0.1, 0.15) is 58.2 Å². The SMILES string of the molecule is Cc1cc(OCC(=O)O)ccc1C(=O)CCc1sc(-c2ccc(C(F)(F)F)cc2)nc1C(C)C. The van der Waals surface area contributed by atoms with Gasteiger partial charge in [0.05, 0.1) is 11.3 Å². The summed E-state index contributed by atoms with van der Waals surface area (Å²) < 4.78 is 43.7. The number of thiazole rings is 1. The Labute approximate surface area is 199 Å². The van der Waals surface area contributed by atoms with Gasteiger partial charge in [-0.3, -0.25) is 4.79 Å². The van der Waals surface area contributed by atoms with E-state index < -0.39 is 24.3 Å². The fourth-order valence-corrected chi connectivity index (χ4v) is 4.69. The fourth-order valence-electron chi connectivity index (χ4n) is 3.46. The molecule has 1 N–H and O–H groups in total. The molecule has 9 heteroatoms. The minimum Gasteiger partial charge on any atom is -0.482 e. The number of aryl methyl sites for hydroxylation is 2. The molecule has 3 rings (SSSR count). The number of carboxylic acids is 1. The third-order valence-electron chi connectivity index (χ3n) is 5.17. The maximum absolute atomic E-state index is 12.9. The first-order valence-electron chi connectivity index (χ1n) is 10.6. The largest absolute Gasteiger partial charge is 0.482 e. The molecule has 2 aromatic carbocycles. The minimum atomic E-state index is -4.39. The average molecular weight is 492 g/mol. The predicted molar refractivity (Wildman–Crippen MR) is 124 cm³/mol. The zero-order valence-electron chi connectivity index (χ0n) is 18.9. The summed E-state index contributed by atoms with van der Waals surface area (Å²) in [6.45, 7) is 5.26. The molecule has 0 aliphatic rings. The molecule has 0 radical (unpaired) electrons. The maximum Gasteiger partial charge on any atom is 0.416 e. The molecule has 5 nitrogen and oxygen atoms in total. The summed E-state index contributed by atoms with van der Waals surface area (Å²) >= 11 is 1.39. The number of aromatic nitrogens is 1. The molecule has 0 atom stereocenters. The van der Waals surface area contributed by atoms with Gasteiger partial charge in [0.15, 0.2) is 12.4 Å². The summed E-state index contributed by atoms with van der Waals surface area (Å²) in [5, 5.41) is 9.34. The molecule has 1 heterocycles. The monoisotopic (exact) mass is 491 g/mol. The lowest BCUT2D eigenvalue weighted by Gasteiger charge is -2.09. The summed E-state index contributed by atoms with van der Waals surface area (Å²) in [5.41, 5.74) is 1.94. The smallest absolute Gasteiger partial charge is 0.416 e. The number of halogens is 3. The van der Waals surface area contributed by atoms with Crippen LogP contribution in [-0.2, 0) is 17.4 Å². The van der Waals surface area contributed by atoms with Crippen LogP contribution in [0.5, 0.6) is 5.75 Å². The summed E-state index contributed by atoms with van der Waals surface area (Å²) in [5.74, 6) is -0.681. The Kier molecular flexibility index (Phi) is 7.76. The molecule has 34 heavy (non-hydrogen) atoms. The van der Waals surface area contributed by atoms with Gasteiger partial charge in [-0.15, -0.1) is 11.3 Å². The highest BCUT2D eigenvalue weighted by Crippen LogP contribution is 2.35. The van der Waals surface area contributed by atoms with E-state index in [-0.39, 0.29) is 18.1 Å². The Hall–Kier alpha value is -3.20. The van der Waals surface area contributed by atoms with Crippen LogP contribution < -0.4 is 4.74 Å². The van der Waals surface area contributed by atoms with E-state index in [4.69, 9.17) is 9.84 Å². The first-order chi connectivity index (χ1) is 16.0. The van der Waals surface area contributed by atoms with Crippen molar-refractivity contribution in [2.45, 2.75) is 45.7 Å². The summed E-state index contributed by atoms with van der Waals surface area (Å²) in [7, 11) is 0. The number of carbonyl (C=O) groups excluding carboxylic acids is 1. The highest BCUT2D eigenvalue weighted by atomic mass is 32.1. The van der Waals surface area contributed by atoms with Crippen molar-refractivity contribution < 1.29 is 32.6 Å². The maximum atomic E-state index is 12.9. The number of benzene rings is 2. The number of nitrogens with zero attached hydrogens (tertiary/aromatic N) is 1. The third kappa shape index (κ3) is 6.22. The van der Waals surface area contributed by atoms with E-state index in [1.165, 1.54) is 23.5 Å². The van der Waals surface area contributed by atoms with Gasteiger partial charge in [-0.05, 0) is 55.2 Å². The summed E-state index contributed by atoms with van der Waals surface area (Å²) in [6, 6.07) is 9.74. The molecular weight excluding hydrogens is 467 g/mol. The van der Waals surface area contributed by atoms with Crippen molar-refractivity contribution in [2.24, 2.45) is 0 Å². The molecule has 0 spiro atoms. The van der Waals surface area contributed by atoms with E-state index in [9.17, 15) is 22.8 Å². The van der Waals surface area contributed by atoms with Crippen molar-refractivity contribution in [3.63, 3.8) is 0 Å². The van der Waals surface area contributed by atoms with Gasteiger partial charge in [0.2, 0.25) is 0 Å². The molecule has 1 aromatic heterocycles. The third-order valence-corrected chi connectivity index (χ3v) is 6.35. The number of Topliss-reactive ketones (excluding diaryl/α,β-unsaturated/α-hetero) is 1. The Morgan fingerprint density at radius 1 is 1.12 bits per heavy atom. The molecule has 0 amide bonds. The molecule has 0 bridgehead atoms. The number of aliphatic carboxylic acids is 1. The van der Waals surface area contributed by atoms with E-state index in [0.717, 1.165) is 22.7 Å². The normalized spacial score (nSPS) is 11.6. The van der Waals surface area contributed by atoms with Gasteiger partial charge >= 0.3 is 12.1 Å². The number of ether oxygens (including phenoxy) is 1. The first-order valence-corrected chi connectivity index (χ1v) is 11.4. The molecule has 0 aliphatic heterocycles. The number of carbonyl (C=O) groups is 2. The molecule has 0 unspecified atom stereocenters. The van der Waals surface area contributed by atoms with E-state index >= 15 is 0 Å². The van der Waals surface area contributed by atoms with Crippen molar-refractivity contribution in [1.29, 1.82) is 0 Å². The van der Waals surface area contributed by atoms with Crippen LogP contribution in [0.25, 0.3) is 10.6 Å². The highest BCUT2D eigenvalue weighted by Gasteiger charge is 2.30. The standard InChI is InChI=1S/C25H24F3NO4S/c1-14(2)23-21(34-24(29-23)16-4-6-17(7-5-16)25(26,27)28)11-10-20(30)19-9-8-18(12-15(19)3)33-13-22(31)32/h4-9,12,14H,10-11,13H2,1-3H3,(H,31,32).